The van der Waals surface area contributed by atoms with Gasteiger partial charge in [-0.1, -0.05) is 6.42 Å². The number of carbonyl (C=O) groups excluding carboxylic acids is 1. The maximum atomic E-state index is 11.9. The summed E-state index contributed by atoms with van der Waals surface area (Å²) in [6.45, 7) is 5.52. The van der Waals surface area contributed by atoms with Crippen LogP contribution in [0.4, 0.5) is 0 Å². The molecule has 1 amide bonds. The Morgan fingerprint density at radius 1 is 1.29 bits per heavy atom. The van der Waals surface area contributed by atoms with Gasteiger partial charge in [0.2, 0.25) is 0 Å². The summed E-state index contributed by atoms with van der Waals surface area (Å²) in [4.78, 5) is 14.5. The van der Waals surface area contributed by atoms with Gasteiger partial charge in [0.1, 0.15) is 0 Å². The van der Waals surface area contributed by atoms with Crippen molar-refractivity contribution in [1.82, 2.24) is 10.2 Å². The minimum atomic E-state index is 0.0396. The average Bonchev–Trinajstić information content (AvgIpc) is 2.49. The highest BCUT2D eigenvalue weighted by molar-refractivity contribution is 14.1. The van der Waals surface area contributed by atoms with Crippen LogP contribution in [0.2, 0.25) is 0 Å². The van der Waals surface area contributed by atoms with E-state index in [4.69, 9.17) is 0 Å². The van der Waals surface area contributed by atoms with Gasteiger partial charge in [0, 0.05) is 21.7 Å². The number of unbranched alkanes of at least 4 members (excludes halogenated alkanes) is 1. The lowest BCUT2D eigenvalue weighted by atomic mass is 10.0. The van der Waals surface area contributed by atoms with Crippen LogP contribution >= 0.6 is 22.6 Å². The van der Waals surface area contributed by atoms with E-state index in [1.165, 1.54) is 32.4 Å². The fraction of sp³-hybridized carbons (Fsp3) is 0.588. The van der Waals surface area contributed by atoms with Crippen molar-refractivity contribution in [1.29, 1.82) is 0 Å². The molecule has 1 unspecified atom stereocenters. The predicted octanol–water partition coefficient (Wildman–Crippen LogP) is 3.68. The zero-order valence-electron chi connectivity index (χ0n) is 12.8. The van der Waals surface area contributed by atoms with Gasteiger partial charge in [0.15, 0.2) is 0 Å². The number of piperidine rings is 1. The average molecular weight is 400 g/mol. The van der Waals surface area contributed by atoms with Crippen LogP contribution in [-0.2, 0) is 0 Å². The topological polar surface area (TPSA) is 32.3 Å². The van der Waals surface area contributed by atoms with Gasteiger partial charge >= 0.3 is 0 Å². The number of nitrogens with zero attached hydrogens (tertiary/aromatic N) is 1. The summed E-state index contributed by atoms with van der Waals surface area (Å²) in [7, 11) is 0. The van der Waals surface area contributed by atoms with Gasteiger partial charge in [-0.3, -0.25) is 4.79 Å². The second kappa shape index (κ2) is 8.73. The zero-order chi connectivity index (χ0) is 15.1. The number of hydrogen-bond acceptors (Lipinski definition) is 2. The molecule has 3 nitrogen and oxygen atoms in total. The van der Waals surface area contributed by atoms with Gasteiger partial charge < -0.3 is 10.2 Å². The maximum Gasteiger partial charge on any atom is 0.251 e. The number of hydrogen-bond donors (Lipinski definition) is 1. The third kappa shape index (κ3) is 5.58. The van der Waals surface area contributed by atoms with Crippen LogP contribution in [0.5, 0.6) is 0 Å². The molecule has 1 heterocycles. The van der Waals surface area contributed by atoms with Crippen molar-refractivity contribution < 1.29 is 4.79 Å². The Morgan fingerprint density at radius 3 is 2.76 bits per heavy atom. The van der Waals surface area contributed by atoms with Crippen molar-refractivity contribution in [3.05, 3.63) is 33.4 Å². The van der Waals surface area contributed by atoms with Crippen LogP contribution in [-0.4, -0.2) is 36.5 Å². The van der Waals surface area contributed by atoms with Crippen LogP contribution < -0.4 is 5.32 Å². The fourth-order valence-corrected chi connectivity index (χ4v) is 3.19. The Hall–Kier alpha value is -0.620. The number of likely N-dealkylation sites (tertiary alicyclic amines) is 1. The second-order valence-electron chi connectivity index (χ2n) is 5.85. The lowest BCUT2D eigenvalue weighted by Crippen LogP contribution is -2.38. The van der Waals surface area contributed by atoms with Crippen molar-refractivity contribution in [3.8, 4) is 0 Å². The molecule has 1 saturated heterocycles. The molecular formula is C17H25IN2O. The summed E-state index contributed by atoms with van der Waals surface area (Å²) in [5.74, 6) is 0.0396. The summed E-state index contributed by atoms with van der Waals surface area (Å²) >= 11 is 2.25. The van der Waals surface area contributed by atoms with E-state index < -0.39 is 0 Å². The minimum Gasteiger partial charge on any atom is -0.352 e. The molecule has 2 rings (SSSR count). The molecule has 0 spiro atoms. The molecule has 1 fully saturated rings. The van der Waals surface area contributed by atoms with E-state index >= 15 is 0 Å². The summed E-state index contributed by atoms with van der Waals surface area (Å²) in [5.41, 5.74) is 0.750. The smallest absolute Gasteiger partial charge is 0.251 e. The highest BCUT2D eigenvalue weighted by Gasteiger charge is 2.17. The number of nitrogens with one attached hydrogen (secondary N) is 1. The highest BCUT2D eigenvalue weighted by Crippen LogP contribution is 2.16. The van der Waals surface area contributed by atoms with Gasteiger partial charge in [-0.05, 0) is 92.6 Å². The Labute approximate surface area is 141 Å². The second-order valence-corrected chi connectivity index (χ2v) is 7.10. The van der Waals surface area contributed by atoms with Crippen LogP contribution in [0.25, 0.3) is 0 Å². The number of amides is 1. The summed E-state index contributed by atoms with van der Waals surface area (Å²) < 4.78 is 1.15. The molecule has 0 aromatic heterocycles. The monoisotopic (exact) mass is 400 g/mol. The molecule has 0 aliphatic carbocycles. The van der Waals surface area contributed by atoms with Gasteiger partial charge in [0.25, 0.3) is 5.91 Å². The summed E-state index contributed by atoms with van der Waals surface area (Å²) in [6, 6.07) is 8.43. The van der Waals surface area contributed by atoms with Crippen molar-refractivity contribution in [3.63, 3.8) is 0 Å². The molecule has 0 radical (unpaired) electrons. The quantitative estimate of drug-likeness (QED) is 0.584. The lowest BCUT2D eigenvalue weighted by Gasteiger charge is -2.33. The molecule has 21 heavy (non-hydrogen) atoms. The SMILES string of the molecule is CC1CCCCN1CCCCNC(=O)c1ccc(I)cc1. The van der Waals surface area contributed by atoms with Crippen molar-refractivity contribution in [2.75, 3.05) is 19.6 Å². The Kier molecular flexibility index (Phi) is 6.96. The first-order chi connectivity index (χ1) is 10.2. The lowest BCUT2D eigenvalue weighted by molar-refractivity contribution is 0.0951. The molecule has 1 aliphatic rings. The normalized spacial score (nSPS) is 19.4. The van der Waals surface area contributed by atoms with Crippen LogP contribution in [0.1, 0.15) is 49.4 Å². The predicted molar refractivity (Wildman–Crippen MR) is 95.6 cm³/mol. The summed E-state index contributed by atoms with van der Waals surface area (Å²) in [6.07, 6.45) is 6.28. The number of halogens is 1. The Bertz CT molecular complexity index is 447. The van der Waals surface area contributed by atoms with E-state index in [2.05, 4.69) is 39.7 Å². The molecule has 1 aromatic rings. The van der Waals surface area contributed by atoms with Crippen molar-refractivity contribution in [2.24, 2.45) is 0 Å². The van der Waals surface area contributed by atoms with Crippen LogP contribution in [0.3, 0.4) is 0 Å². The Balaban J connectivity index is 1.61. The van der Waals surface area contributed by atoms with E-state index in [1.807, 2.05) is 24.3 Å². The Morgan fingerprint density at radius 2 is 2.05 bits per heavy atom. The third-order valence-electron chi connectivity index (χ3n) is 4.20. The number of carbonyl (C=O) groups is 1. The molecule has 116 valence electrons. The first-order valence-corrected chi connectivity index (χ1v) is 9.02. The van der Waals surface area contributed by atoms with Gasteiger partial charge in [0.05, 0.1) is 0 Å². The molecule has 0 saturated carbocycles. The molecule has 4 heteroatoms. The number of rotatable bonds is 6. The van der Waals surface area contributed by atoms with E-state index in [0.717, 1.165) is 34.6 Å². The van der Waals surface area contributed by atoms with Crippen molar-refractivity contribution >= 4 is 28.5 Å². The largest absolute Gasteiger partial charge is 0.352 e. The fourth-order valence-electron chi connectivity index (χ4n) is 2.83. The van der Waals surface area contributed by atoms with E-state index in [0.29, 0.717) is 0 Å². The van der Waals surface area contributed by atoms with Gasteiger partial charge in [-0.15, -0.1) is 0 Å². The van der Waals surface area contributed by atoms with E-state index in [-0.39, 0.29) is 5.91 Å². The summed E-state index contributed by atoms with van der Waals surface area (Å²) in [5, 5.41) is 3.01. The highest BCUT2D eigenvalue weighted by atomic mass is 127. The zero-order valence-corrected chi connectivity index (χ0v) is 14.9. The minimum absolute atomic E-state index is 0.0396. The number of benzene rings is 1. The van der Waals surface area contributed by atoms with Gasteiger partial charge in [-0.2, -0.15) is 0 Å². The third-order valence-corrected chi connectivity index (χ3v) is 4.92. The molecule has 1 aliphatic heterocycles. The molecule has 1 atom stereocenters. The van der Waals surface area contributed by atoms with Crippen LogP contribution in [0, 0.1) is 3.57 Å². The molecule has 1 N–H and O–H groups in total. The van der Waals surface area contributed by atoms with Crippen LogP contribution in [0.15, 0.2) is 24.3 Å². The van der Waals surface area contributed by atoms with Crippen molar-refractivity contribution in [2.45, 2.75) is 45.1 Å². The first kappa shape index (κ1) is 16.7. The van der Waals surface area contributed by atoms with E-state index in [1.54, 1.807) is 0 Å². The maximum absolute atomic E-state index is 11.9. The standard InChI is InChI=1S/C17H25IN2O/c1-14-6-2-4-12-20(14)13-5-3-11-19-17(21)15-7-9-16(18)10-8-15/h7-10,14H,2-6,11-13H2,1H3,(H,19,21). The molecule has 1 aromatic carbocycles. The molecular weight excluding hydrogens is 375 g/mol. The van der Waals surface area contributed by atoms with Gasteiger partial charge in [-0.25, -0.2) is 0 Å². The first-order valence-electron chi connectivity index (χ1n) is 7.94. The van der Waals surface area contributed by atoms with E-state index in [9.17, 15) is 4.79 Å². The molecule has 0 bridgehead atoms.